The highest BCUT2D eigenvalue weighted by Gasteiger charge is 2.31. The quantitative estimate of drug-likeness (QED) is 0.461. The van der Waals surface area contributed by atoms with Gasteiger partial charge in [-0.3, -0.25) is 0 Å². The molecular weight excluding hydrogens is 184 g/mol. The minimum absolute atomic E-state index is 0.898. The highest BCUT2D eigenvalue weighted by atomic mass is 28.3. The highest BCUT2D eigenvalue weighted by Crippen LogP contribution is 2.35. The maximum atomic E-state index is 2.42. The largest absolute Gasteiger partial charge is 0.0919 e. The summed E-state index contributed by atoms with van der Waals surface area (Å²) < 4.78 is 0. The fraction of sp³-hybridized carbons (Fsp3) is 0.692. The molecule has 0 nitrogen and oxygen atoms in total. The predicted molar refractivity (Wildman–Crippen MR) is 68.5 cm³/mol. The van der Waals surface area contributed by atoms with Crippen molar-refractivity contribution in [3.05, 3.63) is 24.3 Å². The van der Waals surface area contributed by atoms with Gasteiger partial charge >= 0.3 is 0 Å². The van der Waals surface area contributed by atoms with E-state index in [9.17, 15) is 0 Å². The van der Waals surface area contributed by atoms with Gasteiger partial charge in [-0.05, 0) is 25.9 Å². The Balaban J connectivity index is 2.56. The minimum atomic E-state index is -0.898. The third-order valence-corrected chi connectivity index (χ3v) is 8.52. The van der Waals surface area contributed by atoms with Gasteiger partial charge in [0.1, 0.15) is 0 Å². The molecule has 0 aromatic heterocycles. The third-order valence-electron chi connectivity index (χ3n) is 3.49. The van der Waals surface area contributed by atoms with E-state index in [4.69, 9.17) is 0 Å². The van der Waals surface area contributed by atoms with Crippen LogP contribution in [0.3, 0.4) is 0 Å². The first-order valence-electron chi connectivity index (χ1n) is 6.05. The third kappa shape index (κ3) is 3.45. The molecule has 0 bridgehead atoms. The van der Waals surface area contributed by atoms with E-state index in [1.807, 2.05) is 0 Å². The first kappa shape index (κ1) is 11.8. The molecule has 14 heavy (non-hydrogen) atoms. The molecule has 0 atom stereocenters. The molecule has 1 aliphatic rings. The van der Waals surface area contributed by atoms with Crippen molar-refractivity contribution >= 4 is 8.07 Å². The fourth-order valence-electron chi connectivity index (χ4n) is 2.53. The number of hydrogen-bond donors (Lipinski definition) is 0. The second-order valence-electron chi connectivity index (χ2n) is 4.61. The van der Waals surface area contributed by atoms with E-state index in [1.165, 1.54) is 31.4 Å². The molecule has 0 saturated carbocycles. The van der Waals surface area contributed by atoms with Crippen molar-refractivity contribution in [2.24, 2.45) is 0 Å². The molecule has 0 aromatic rings. The van der Waals surface area contributed by atoms with Crippen LogP contribution >= 0.6 is 0 Å². The van der Waals surface area contributed by atoms with E-state index in [0.717, 1.165) is 0 Å². The summed E-state index contributed by atoms with van der Waals surface area (Å²) >= 11 is 0. The van der Waals surface area contributed by atoms with Crippen LogP contribution in [0, 0.1) is 0 Å². The summed E-state index contributed by atoms with van der Waals surface area (Å²) in [5.41, 5.74) is 0. The molecule has 0 N–H and O–H groups in total. The van der Waals surface area contributed by atoms with Gasteiger partial charge in [-0.25, -0.2) is 0 Å². The van der Waals surface area contributed by atoms with E-state index in [1.54, 1.807) is 12.1 Å². The number of rotatable bonds is 4. The second-order valence-corrected chi connectivity index (χ2v) is 9.42. The van der Waals surface area contributed by atoms with E-state index in [0.29, 0.717) is 0 Å². The summed E-state index contributed by atoms with van der Waals surface area (Å²) in [4.78, 5) is 0. The van der Waals surface area contributed by atoms with Crippen molar-refractivity contribution in [3.63, 3.8) is 0 Å². The molecule has 0 amide bonds. The van der Waals surface area contributed by atoms with Gasteiger partial charge in [0.2, 0.25) is 0 Å². The van der Waals surface area contributed by atoms with Crippen LogP contribution < -0.4 is 0 Å². The lowest BCUT2D eigenvalue weighted by atomic mass is 10.3. The van der Waals surface area contributed by atoms with Gasteiger partial charge in [0.05, 0.1) is 8.07 Å². The van der Waals surface area contributed by atoms with Crippen LogP contribution in [0.25, 0.3) is 0 Å². The van der Waals surface area contributed by atoms with Crippen LogP contribution in [0.15, 0.2) is 24.3 Å². The summed E-state index contributed by atoms with van der Waals surface area (Å²) in [5, 5.41) is 0. The topological polar surface area (TPSA) is 0 Å². The van der Waals surface area contributed by atoms with Gasteiger partial charge in [0, 0.05) is 0 Å². The number of allylic oxidation sites excluding steroid dienone is 4. The van der Waals surface area contributed by atoms with Gasteiger partial charge in [0.25, 0.3) is 0 Å². The minimum Gasteiger partial charge on any atom is -0.0919 e. The smallest absolute Gasteiger partial charge is 0.0610 e. The molecule has 1 fully saturated rings. The average Bonchev–Trinajstić information content (AvgIpc) is 2.25. The lowest BCUT2D eigenvalue weighted by molar-refractivity contribution is 0.707. The van der Waals surface area contributed by atoms with Gasteiger partial charge in [-0.15, -0.1) is 0 Å². The van der Waals surface area contributed by atoms with Crippen molar-refractivity contribution in [1.82, 2.24) is 0 Å². The summed E-state index contributed by atoms with van der Waals surface area (Å²) in [6.45, 7) is 4.31. The summed E-state index contributed by atoms with van der Waals surface area (Å²) in [7, 11) is -0.898. The lowest BCUT2D eigenvalue weighted by Crippen LogP contribution is -2.34. The van der Waals surface area contributed by atoms with E-state index in [-0.39, 0.29) is 0 Å². The van der Waals surface area contributed by atoms with Gasteiger partial charge in [0.15, 0.2) is 0 Å². The van der Waals surface area contributed by atoms with Crippen LogP contribution in [-0.2, 0) is 0 Å². The molecular formula is C13H24Si. The van der Waals surface area contributed by atoms with Crippen molar-refractivity contribution in [2.45, 2.75) is 57.3 Å². The molecule has 1 heteroatoms. The van der Waals surface area contributed by atoms with Crippen molar-refractivity contribution < 1.29 is 0 Å². The first-order valence-corrected chi connectivity index (χ1v) is 8.88. The Morgan fingerprint density at radius 1 is 0.857 bits per heavy atom. The predicted octanol–water partition coefficient (Wildman–Crippen LogP) is 4.77. The molecule has 0 spiro atoms. The van der Waals surface area contributed by atoms with Crippen molar-refractivity contribution in [3.8, 4) is 0 Å². The molecule has 1 heterocycles. The van der Waals surface area contributed by atoms with Gasteiger partial charge in [-0.1, -0.05) is 55.7 Å². The normalized spacial score (nSPS) is 22.1. The first-order chi connectivity index (χ1) is 6.83. The Morgan fingerprint density at radius 2 is 1.36 bits per heavy atom. The van der Waals surface area contributed by atoms with Crippen LogP contribution in [0.1, 0.15) is 33.1 Å². The van der Waals surface area contributed by atoms with Crippen LogP contribution in [-0.4, -0.2) is 8.07 Å². The zero-order valence-corrected chi connectivity index (χ0v) is 10.8. The van der Waals surface area contributed by atoms with E-state index in [2.05, 4.69) is 38.2 Å². The van der Waals surface area contributed by atoms with Crippen LogP contribution in [0.5, 0.6) is 0 Å². The Labute approximate surface area is 90.1 Å². The highest BCUT2D eigenvalue weighted by molar-refractivity contribution is 6.80. The maximum absolute atomic E-state index is 2.42. The Morgan fingerprint density at radius 3 is 1.79 bits per heavy atom. The molecule has 0 aromatic carbocycles. The summed E-state index contributed by atoms with van der Waals surface area (Å²) in [6, 6.07) is 5.99. The lowest BCUT2D eigenvalue weighted by Gasteiger charge is -2.33. The second kappa shape index (κ2) is 6.23. The molecule has 0 radical (unpaired) electrons. The zero-order valence-electron chi connectivity index (χ0n) is 9.76. The molecule has 1 rings (SSSR count). The van der Waals surface area contributed by atoms with E-state index < -0.39 is 8.07 Å². The Hall–Kier alpha value is -0.303. The van der Waals surface area contributed by atoms with E-state index >= 15 is 0 Å². The number of hydrogen-bond acceptors (Lipinski definition) is 0. The zero-order chi connectivity index (χ0) is 10.3. The van der Waals surface area contributed by atoms with Gasteiger partial charge in [-0.2, -0.15) is 0 Å². The summed E-state index contributed by atoms with van der Waals surface area (Å²) in [5.74, 6) is 0. The maximum Gasteiger partial charge on any atom is 0.0610 e. The average molecular weight is 208 g/mol. The molecule has 80 valence electrons. The van der Waals surface area contributed by atoms with Crippen molar-refractivity contribution in [2.75, 3.05) is 0 Å². The molecule has 0 aliphatic carbocycles. The molecule has 1 saturated heterocycles. The van der Waals surface area contributed by atoms with Gasteiger partial charge < -0.3 is 0 Å². The Bertz CT molecular complexity index is 181. The SMILES string of the molecule is CC=CC[Si]1(CC=CC)CCCCC1. The fourth-order valence-corrected chi connectivity index (χ4v) is 7.23. The molecule has 1 aliphatic heterocycles. The summed E-state index contributed by atoms with van der Waals surface area (Å²) in [6.07, 6.45) is 13.8. The Kier molecular flexibility index (Phi) is 5.24. The van der Waals surface area contributed by atoms with Crippen molar-refractivity contribution in [1.29, 1.82) is 0 Å². The van der Waals surface area contributed by atoms with Crippen LogP contribution in [0.4, 0.5) is 0 Å². The molecule has 0 unspecified atom stereocenters. The monoisotopic (exact) mass is 208 g/mol. The van der Waals surface area contributed by atoms with Crippen LogP contribution in [0.2, 0.25) is 24.2 Å². The standard InChI is InChI=1S/C13H24Si/c1-3-5-10-14(11-6-4-2)12-8-7-9-13-14/h3-6H,7-13H2,1-2H3.